The molecule has 0 atom stereocenters. The molecular formula is C22H20N6O4S. The number of hydrogen-bond acceptors (Lipinski definition) is 7. The fraction of sp³-hybridized carbons (Fsp3) is 0.136. The van der Waals surface area contributed by atoms with Crippen LogP contribution in [0.5, 0.6) is 5.75 Å². The summed E-state index contributed by atoms with van der Waals surface area (Å²) in [6.45, 7) is 0.396. The topological polar surface area (TPSA) is 127 Å². The van der Waals surface area contributed by atoms with Crippen molar-refractivity contribution in [2.75, 3.05) is 28.2 Å². The Morgan fingerprint density at radius 2 is 2.03 bits per heavy atom. The van der Waals surface area contributed by atoms with Crippen LogP contribution in [-0.2, 0) is 21.4 Å². The first kappa shape index (κ1) is 20.8. The number of amides is 1. The molecule has 0 bridgehead atoms. The number of para-hydroxylation sites is 1. The molecule has 0 spiro atoms. The van der Waals surface area contributed by atoms with Gasteiger partial charge in [-0.05, 0) is 29.8 Å². The normalized spacial score (nSPS) is 13.2. The number of rotatable bonds is 6. The van der Waals surface area contributed by atoms with E-state index in [1.165, 1.54) is 0 Å². The Balaban J connectivity index is 1.42. The average molecular weight is 465 g/mol. The van der Waals surface area contributed by atoms with Crippen molar-refractivity contribution in [2.24, 2.45) is 0 Å². The van der Waals surface area contributed by atoms with Gasteiger partial charge >= 0.3 is 0 Å². The number of anilines is 4. The lowest BCUT2D eigenvalue weighted by atomic mass is 10.2. The number of nitrogens with zero attached hydrogens (tertiary/aromatic N) is 3. The van der Waals surface area contributed by atoms with E-state index in [4.69, 9.17) is 4.74 Å². The molecule has 0 saturated heterocycles. The largest absolute Gasteiger partial charge is 0.482 e. The van der Waals surface area contributed by atoms with Crippen LogP contribution in [0.2, 0.25) is 0 Å². The van der Waals surface area contributed by atoms with Crippen molar-refractivity contribution >= 4 is 50.0 Å². The lowest BCUT2D eigenvalue weighted by molar-refractivity contribution is -0.118. The zero-order chi connectivity index (χ0) is 23.0. The Labute approximate surface area is 189 Å². The predicted octanol–water partition coefficient (Wildman–Crippen LogP) is 2.93. The van der Waals surface area contributed by atoms with E-state index in [0.717, 1.165) is 17.2 Å². The number of aromatic nitrogens is 3. The second kappa shape index (κ2) is 8.10. The van der Waals surface area contributed by atoms with Gasteiger partial charge in [-0.15, -0.1) is 0 Å². The standard InChI is InChI=1S/C22H20N6O4S/c1-33(30,31)27-17-5-3-2-4-15(17)12-28-9-8-14-11-23-22(26-21(14)28)24-16-6-7-18-19(10-16)32-13-20(29)25-18/h2-11,27H,12-13H2,1H3,(H,25,29)(H,23,24,26). The Bertz CT molecular complexity index is 1480. The number of hydrogen-bond donors (Lipinski definition) is 3. The van der Waals surface area contributed by atoms with Crippen LogP contribution in [0.15, 0.2) is 60.9 Å². The highest BCUT2D eigenvalue weighted by Crippen LogP contribution is 2.31. The fourth-order valence-corrected chi connectivity index (χ4v) is 4.18. The smallest absolute Gasteiger partial charge is 0.262 e. The molecule has 3 N–H and O–H groups in total. The van der Waals surface area contributed by atoms with Crippen molar-refractivity contribution in [1.82, 2.24) is 14.5 Å². The molecule has 0 radical (unpaired) electrons. The molecule has 1 aliphatic heterocycles. The van der Waals surface area contributed by atoms with Crippen molar-refractivity contribution in [2.45, 2.75) is 6.54 Å². The molecule has 0 unspecified atom stereocenters. The highest BCUT2D eigenvalue weighted by molar-refractivity contribution is 7.92. The zero-order valence-corrected chi connectivity index (χ0v) is 18.4. The average Bonchev–Trinajstić information content (AvgIpc) is 3.16. The van der Waals surface area contributed by atoms with Gasteiger partial charge in [0.25, 0.3) is 5.91 Å². The van der Waals surface area contributed by atoms with Crippen LogP contribution in [0.3, 0.4) is 0 Å². The molecule has 11 heteroatoms. The van der Waals surface area contributed by atoms with Crippen molar-refractivity contribution in [3.05, 3.63) is 66.5 Å². The minimum atomic E-state index is -3.40. The van der Waals surface area contributed by atoms with Gasteiger partial charge in [-0.25, -0.2) is 13.4 Å². The van der Waals surface area contributed by atoms with Crippen LogP contribution in [0.25, 0.3) is 11.0 Å². The quantitative estimate of drug-likeness (QED) is 0.400. The van der Waals surface area contributed by atoms with Crippen molar-refractivity contribution in [3.8, 4) is 5.75 Å². The van der Waals surface area contributed by atoms with E-state index in [0.29, 0.717) is 41.0 Å². The van der Waals surface area contributed by atoms with E-state index in [2.05, 4.69) is 25.3 Å². The molecule has 0 saturated carbocycles. The van der Waals surface area contributed by atoms with Gasteiger partial charge in [0, 0.05) is 29.5 Å². The summed E-state index contributed by atoms with van der Waals surface area (Å²) in [5.41, 5.74) is 3.36. The van der Waals surface area contributed by atoms with E-state index in [1.54, 1.807) is 36.5 Å². The minimum Gasteiger partial charge on any atom is -0.482 e. The summed E-state index contributed by atoms with van der Waals surface area (Å²) in [6, 6.07) is 14.5. The van der Waals surface area contributed by atoms with E-state index in [9.17, 15) is 13.2 Å². The monoisotopic (exact) mass is 464 g/mol. The molecule has 1 aliphatic rings. The molecule has 2 aromatic carbocycles. The molecule has 3 heterocycles. The Hall–Kier alpha value is -4.12. The molecule has 0 fully saturated rings. The van der Waals surface area contributed by atoms with E-state index in [1.807, 2.05) is 29.0 Å². The maximum absolute atomic E-state index is 11.7. The predicted molar refractivity (Wildman–Crippen MR) is 125 cm³/mol. The van der Waals surface area contributed by atoms with Gasteiger partial charge in [-0.1, -0.05) is 18.2 Å². The Morgan fingerprint density at radius 3 is 2.88 bits per heavy atom. The van der Waals surface area contributed by atoms with E-state index >= 15 is 0 Å². The summed E-state index contributed by atoms with van der Waals surface area (Å²) in [4.78, 5) is 20.5. The van der Waals surface area contributed by atoms with Crippen LogP contribution in [0.4, 0.5) is 23.0 Å². The van der Waals surface area contributed by atoms with E-state index in [-0.39, 0.29) is 12.5 Å². The number of carbonyl (C=O) groups is 1. The summed E-state index contributed by atoms with van der Waals surface area (Å²) in [5, 5.41) is 6.76. The first-order chi connectivity index (χ1) is 15.8. The summed E-state index contributed by atoms with van der Waals surface area (Å²) in [5.74, 6) is 0.773. The SMILES string of the molecule is CS(=O)(=O)Nc1ccccc1Cn1ccc2cnc(Nc3ccc4c(c3)OCC(=O)N4)nc21. The van der Waals surface area contributed by atoms with Gasteiger partial charge in [-0.2, -0.15) is 4.98 Å². The Kier molecular flexibility index (Phi) is 5.09. The first-order valence-corrected chi connectivity index (χ1v) is 11.9. The molecule has 10 nitrogen and oxygen atoms in total. The summed E-state index contributed by atoms with van der Waals surface area (Å²) >= 11 is 0. The fourth-order valence-electron chi connectivity index (χ4n) is 3.58. The van der Waals surface area contributed by atoms with Gasteiger partial charge in [0.15, 0.2) is 6.61 Å². The van der Waals surface area contributed by atoms with Gasteiger partial charge < -0.3 is 19.9 Å². The molecule has 5 rings (SSSR count). The minimum absolute atomic E-state index is 0.0257. The number of fused-ring (bicyclic) bond motifs is 2. The Morgan fingerprint density at radius 1 is 1.18 bits per heavy atom. The van der Waals surface area contributed by atoms with Crippen LogP contribution in [0.1, 0.15) is 5.56 Å². The summed E-state index contributed by atoms with van der Waals surface area (Å²) in [7, 11) is -3.40. The van der Waals surface area contributed by atoms with Crippen molar-refractivity contribution < 1.29 is 17.9 Å². The maximum Gasteiger partial charge on any atom is 0.262 e. The summed E-state index contributed by atoms with van der Waals surface area (Å²) < 4.78 is 33.4. The molecule has 4 aromatic rings. The molecule has 168 valence electrons. The lowest BCUT2D eigenvalue weighted by Gasteiger charge is -2.18. The van der Waals surface area contributed by atoms with Gasteiger partial charge in [-0.3, -0.25) is 9.52 Å². The number of ether oxygens (including phenoxy) is 1. The van der Waals surface area contributed by atoms with Crippen molar-refractivity contribution in [1.29, 1.82) is 0 Å². The third-order valence-corrected chi connectivity index (χ3v) is 5.62. The molecule has 2 aromatic heterocycles. The van der Waals surface area contributed by atoms with Crippen LogP contribution in [0, 0.1) is 0 Å². The molecule has 33 heavy (non-hydrogen) atoms. The lowest BCUT2D eigenvalue weighted by Crippen LogP contribution is -2.25. The second-order valence-electron chi connectivity index (χ2n) is 7.62. The van der Waals surface area contributed by atoms with Crippen LogP contribution in [-0.4, -0.2) is 41.7 Å². The molecule has 1 amide bonds. The number of sulfonamides is 1. The molecule has 0 aliphatic carbocycles. The highest BCUT2D eigenvalue weighted by Gasteiger charge is 2.16. The van der Waals surface area contributed by atoms with Crippen molar-refractivity contribution in [3.63, 3.8) is 0 Å². The molecular weight excluding hydrogens is 444 g/mol. The number of carbonyl (C=O) groups excluding carboxylic acids is 1. The van der Waals surface area contributed by atoms with Crippen LogP contribution < -0.4 is 20.1 Å². The third kappa shape index (κ3) is 4.58. The second-order valence-corrected chi connectivity index (χ2v) is 9.37. The van der Waals surface area contributed by atoms with E-state index < -0.39 is 10.0 Å². The first-order valence-electron chi connectivity index (χ1n) is 10.1. The van der Waals surface area contributed by atoms with Gasteiger partial charge in [0.2, 0.25) is 16.0 Å². The number of nitrogens with one attached hydrogen (secondary N) is 3. The number of benzene rings is 2. The third-order valence-electron chi connectivity index (χ3n) is 5.03. The highest BCUT2D eigenvalue weighted by atomic mass is 32.2. The zero-order valence-electron chi connectivity index (χ0n) is 17.6. The van der Waals surface area contributed by atoms with Crippen LogP contribution >= 0.6 is 0 Å². The van der Waals surface area contributed by atoms with Gasteiger partial charge in [0.1, 0.15) is 11.4 Å². The van der Waals surface area contributed by atoms with Gasteiger partial charge in [0.05, 0.1) is 24.2 Å². The maximum atomic E-state index is 11.7. The summed E-state index contributed by atoms with van der Waals surface area (Å²) in [6.07, 6.45) is 4.73.